The fourth-order valence-corrected chi connectivity index (χ4v) is 5.02. The lowest BCUT2D eigenvalue weighted by atomic mass is 9.81. The van der Waals surface area contributed by atoms with Gasteiger partial charge in [-0.25, -0.2) is 0 Å². The van der Waals surface area contributed by atoms with Gasteiger partial charge in [0.1, 0.15) is 6.10 Å². The number of hydrogen-bond donors (Lipinski definition) is 3. The van der Waals surface area contributed by atoms with Crippen molar-refractivity contribution in [1.82, 2.24) is 10.6 Å². The molecule has 3 aliphatic heterocycles. The van der Waals surface area contributed by atoms with Crippen molar-refractivity contribution in [3.8, 4) is 0 Å². The molecule has 0 bridgehead atoms. The van der Waals surface area contributed by atoms with Crippen molar-refractivity contribution in [1.29, 1.82) is 0 Å². The number of ether oxygens (including phenoxy) is 2. The van der Waals surface area contributed by atoms with Crippen molar-refractivity contribution in [3.05, 3.63) is 0 Å². The molecular formula is C21H42N2O3. The van der Waals surface area contributed by atoms with Crippen LogP contribution in [-0.2, 0) is 9.47 Å². The molecule has 0 aromatic rings. The van der Waals surface area contributed by atoms with E-state index in [0.29, 0.717) is 12.2 Å². The summed E-state index contributed by atoms with van der Waals surface area (Å²) in [4.78, 5) is 0. The van der Waals surface area contributed by atoms with Crippen molar-refractivity contribution in [2.75, 3.05) is 13.2 Å². The Morgan fingerprint density at radius 3 is 1.54 bits per heavy atom. The van der Waals surface area contributed by atoms with Gasteiger partial charge in [-0.3, -0.25) is 0 Å². The van der Waals surface area contributed by atoms with Crippen LogP contribution in [0, 0.1) is 0 Å². The van der Waals surface area contributed by atoms with Gasteiger partial charge in [0.2, 0.25) is 0 Å². The van der Waals surface area contributed by atoms with Crippen LogP contribution in [0.25, 0.3) is 0 Å². The summed E-state index contributed by atoms with van der Waals surface area (Å²) >= 11 is 0. The summed E-state index contributed by atoms with van der Waals surface area (Å²) in [5.74, 6) is 0. The maximum Gasteiger partial charge on any atom is 0.104 e. The molecule has 0 aliphatic carbocycles. The molecule has 3 saturated heterocycles. The van der Waals surface area contributed by atoms with Crippen LogP contribution < -0.4 is 10.6 Å². The summed E-state index contributed by atoms with van der Waals surface area (Å²) in [6.45, 7) is 19.2. The molecule has 5 heteroatoms. The minimum Gasteiger partial charge on any atom is -0.393 e. The third kappa shape index (κ3) is 7.81. The molecule has 3 rings (SSSR count). The van der Waals surface area contributed by atoms with Gasteiger partial charge in [-0.05, 0) is 81.1 Å². The Morgan fingerprint density at radius 2 is 1.19 bits per heavy atom. The van der Waals surface area contributed by atoms with E-state index in [0.717, 1.165) is 38.9 Å². The molecule has 1 unspecified atom stereocenters. The van der Waals surface area contributed by atoms with E-state index in [1.807, 2.05) is 0 Å². The van der Waals surface area contributed by atoms with Crippen molar-refractivity contribution in [2.24, 2.45) is 0 Å². The zero-order valence-corrected chi connectivity index (χ0v) is 18.2. The van der Waals surface area contributed by atoms with E-state index in [1.165, 1.54) is 0 Å². The average molecular weight is 371 g/mol. The van der Waals surface area contributed by atoms with Crippen molar-refractivity contribution in [2.45, 2.75) is 122 Å². The third-order valence-electron chi connectivity index (χ3n) is 5.24. The Bertz CT molecular complexity index is 438. The van der Waals surface area contributed by atoms with E-state index in [2.05, 4.69) is 66.0 Å². The molecule has 0 amide bonds. The molecule has 3 heterocycles. The van der Waals surface area contributed by atoms with Gasteiger partial charge in [0.15, 0.2) is 0 Å². The smallest absolute Gasteiger partial charge is 0.104 e. The van der Waals surface area contributed by atoms with Crippen LogP contribution in [0.2, 0.25) is 0 Å². The van der Waals surface area contributed by atoms with E-state index < -0.39 is 0 Å². The predicted molar refractivity (Wildman–Crippen MR) is 107 cm³/mol. The van der Waals surface area contributed by atoms with Crippen LogP contribution >= 0.6 is 0 Å². The highest BCUT2D eigenvalue weighted by Gasteiger charge is 2.39. The number of nitrogens with one attached hydrogen (secondary N) is 2. The topological polar surface area (TPSA) is 66.0 Å². The number of hydrogen-bond acceptors (Lipinski definition) is 5. The highest BCUT2D eigenvalue weighted by molar-refractivity contribution is 4.98. The van der Waals surface area contributed by atoms with Crippen molar-refractivity contribution >= 4 is 0 Å². The Morgan fingerprint density at radius 1 is 0.808 bits per heavy atom. The Kier molecular flexibility index (Phi) is 6.52. The predicted octanol–water partition coefficient (Wildman–Crippen LogP) is 3.00. The zero-order chi connectivity index (χ0) is 19.8. The lowest BCUT2D eigenvalue weighted by molar-refractivity contribution is -0.0266. The van der Waals surface area contributed by atoms with Crippen LogP contribution in [0.1, 0.15) is 81.1 Å². The quantitative estimate of drug-likeness (QED) is 0.667. The maximum atomic E-state index is 9.54. The first-order valence-electron chi connectivity index (χ1n) is 10.2. The van der Waals surface area contributed by atoms with Gasteiger partial charge < -0.3 is 25.2 Å². The standard InChI is InChI=1S/C12H23NO2.C9H19NO/c1-11(2)5-9(6-12(3,4)13-11)14-7-10-8-15-10;1-8(2)5-7(11)6-9(3,4)10-8/h9-10,13H,5-8H2,1-4H3;7,10-11H,5-6H2,1-4H3. The summed E-state index contributed by atoms with van der Waals surface area (Å²) in [5.41, 5.74) is 0.524. The highest BCUT2D eigenvalue weighted by Crippen LogP contribution is 2.31. The lowest BCUT2D eigenvalue weighted by Gasteiger charge is -2.46. The Balaban J connectivity index is 0.000000197. The Labute approximate surface area is 160 Å². The second kappa shape index (κ2) is 7.67. The van der Waals surface area contributed by atoms with Crippen LogP contribution in [0.4, 0.5) is 0 Å². The van der Waals surface area contributed by atoms with E-state index in [9.17, 15) is 5.11 Å². The number of aliphatic hydroxyl groups excluding tert-OH is 1. The number of rotatable bonds is 3. The molecular weight excluding hydrogens is 328 g/mol. The van der Waals surface area contributed by atoms with Gasteiger partial charge in [0, 0.05) is 22.2 Å². The molecule has 0 spiro atoms. The zero-order valence-electron chi connectivity index (χ0n) is 18.2. The van der Waals surface area contributed by atoms with Crippen LogP contribution in [0.15, 0.2) is 0 Å². The number of epoxide rings is 1. The van der Waals surface area contributed by atoms with Crippen LogP contribution in [0.3, 0.4) is 0 Å². The molecule has 5 nitrogen and oxygen atoms in total. The molecule has 26 heavy (non-hydrogen) atoms. The van der Waals surface area contributed by atoms with Crippen molar-refractivity contribution in [3.63, 3.8) is 0 Å². The van der Waals surface area contributed by atoms with Gasteiger partial charge >= 0.3 is 0 Å². The van der Waals surface area contributed by atoms with E-state index in [4.69, 9.17) is 9.47 Å². The molecule has 0 aromatic heterocycles. The summed E-state index contributed by atoms with van der Waals surface area (Å²) in [5, 5.41) is 16.7. The molecule has 3 N–H and O–H groups in total. The largest absolute Gasteiger partial charge is 0.393 e. The average Bonchev–Trinajstić information content (AvgIpc) is 3.12. The summed E-state index contributed by atoms with van der Waals surface area (Å²) in [7, 11) is 0. The first kappa shape index (κ1) is 22.1. The van der Waals surface area contributed by atoms with Crippen LogP contribution in [-0.4, -0.2) is 58.8 Å². The molecule has 0 saturated carbocycles. The number of aliphatic hydroxyl groups is 1. The van der Waals surface area contributed by atoms with Gasteiger partial charge in [-0.2, -0.15) is 0 Å². The molecule has 0 aromatic carbocycles. The summed E-state index contributed by atoms with van der Waals surface area (Å²) in [6, 6.07) is 0. The van der Waals surface area contributed by atoms with E-state index in [1.54, 1.807) is 0 Å². The fraction of sp³-hybridized carbons (Fsp3) is 1.00. The van der Waals surface area contributed by atoms with Crippen molar-refractivity contribution < 1.29 is 14.6 Å². The fourth-order valence-electron chi connectivity index (χ4n) is 5.02. The SMILES string of the molecule is CC1(C)CC(O)CC(C)(C)N1.CC1(C)CC(OCC2CO2)CC(C)(C)N1. The second-order valence-electron chi connectivity index (χ2n) is 11.2. The first-order valence-corrected chi connectivity index (χ1v) is 10.2. The Hall–Kier alpha value is -0.200. The van der Waals surface area contributed by atoms with Crippen LogP contribution in [0.5, 0.6) is 0 Å². The highest BCUT2D eigenvalue weighted by atomic mass is 16.6. The molecule has 3 fully saturated rings. The normalized spacial score (nSPS) is 32.4. The maximum absolute atomic E-state index is 9.54. The summed E-state index contributed by atoms with van der Waals surface area (Å²) in [6.07, 6.45) is 4.51. The lowest BCUT2D eigenvalue weighted by Crippen LogP contribution is -2.59. The first-order chi connectivity index (χ1) is 11.7. The third-order valence-corrected chi connectivity index (χ3v) is 5.24. The van der Waals surface area contributed by atoms with Gasteiger partial charge in [-0.1, -0.05) is 0 Å². The monoisotopic (exact) mass is 370 g/mol. The molecule has 154 valence electrons. The van der Waals surface area contributed by atoms with E-state index in [-0.39, 0.29) is 28.3 Å². The van der Waals surface area contributed by atoms with E-state index >= 15 is 0 Å². The van der Waals surface area contributed by atoms with Gasteiger partial charge in [0.25, 0.3) is 0 Å². The minimum atomic E-state index is -0.138. The molecule has 3 aliphatic rings. The van der Waals surface area contributed by atoms with Gasteiger partial charge in [0.05, 0.1) is 25.4 Å². The molecule has 0 radical (unpaired) electrons. The molecule has 1 atom stereocenters. The second-order valence-corrected chi connectivity index (χ2v) is 11.2. The summed E-state index contributed by atoms with van der Waals surface area (Å²) < 4.78 is 11.1. The minimum absolute atomic E-state index is 0.0845. The van der Waals surface area contributed by atoms with Gasteiger partial charge in [-0.15, -0.1) is 0 Å². The number of piperidine rings is 2.